The lowest BCUT2D eigenvalue weighted by atomic mass is 10.0. The Morgan fingerprint density at radius 3 is 0.943 bits per heavy atom. The summed E-state index contributed by atoms with van der Waals surface area (Å²) in [4.78, 5) is 35.4. The lowest BCUT2D eigenvalue weighted by molar-refractivity contribution is -0.161. The molecule has 0 rings (SSSR count). The minimum Gasteiger partial charge on any atom is -0.462 e. The van der Waals surface area contributed by atoms with Gasteiger partial charge in [0.15, 0.2) is 6.10 Å². The molecule has 0 fully saturated rings. The predicted octanol–water partition coefficient (Wildman–Crippen LogP) is 24.3. The Morgan fingerprint density at radius 1 is 0.356 bits per heavy atom. The van der Waals surface area contributed by atoms with Crippen LogP contribution in [0.5, 0.6) is 0 Å². The molecule has 0 aliphatic rings. The van der Waals surface area contributed by atoms with Gasteiger partial charge in [0.05, 0.1) is 13.2 Å². The van der Waals surface area contributed by atoms with E-state index in [1.165, 1.54) is 218 Å². The maximum Gasteiger partial charge on any atom is 0.472 e. The van der Waals surface area contributed by atoms with Gasteiger partial charge in [-0.1, -0.05) is 355 Å². The van der Waals surface area contributed by atoms with Crippen molar-refractivity contribution in [1.82, 2.24) is 0 Å². The highest BCUT2D eigenvalue weighted by molar-refractivity contribution is 7.47. The van der Waals surface area contributed by atoms with E-state index in [1.54, 1.807) is 0 Å². The maximum atomic E-state index is 12.8. The monoisotopic (exact) mass is 1240 g/mol. The second-order valence-corrected chi connectivity index (χ2v) is 25.9. The van der Waals surface area contributed by atoms with Crippen LogP contribution in [0, 0.1) is 0 Å². The van der Waals surface area contributed by atoms with Crippen molar-refractivity contribution in [3.8, 4) is 0 Å². The first kappa shape index (κ1) is 83.9. The first-order chi connectivity index (χ1) is 42.8. The van der Waals surface area contributed by atoms with Crippen molar-refractivity contribution >= 4 is 19.8 Å². The molecular weight excluding hydrogens is 1100 g/mol. The number of carbonyl (C=O) groups excluding carboxylic acids is 2. The van der Waals surface area contributed by atoms with Crippen molar-refractivity contribution in [1.29, 1.82) is 0 Å². The highest BCUT2D eigenvalue weighted by Gasteiger charge is 2.26. The number of hydrogen-bond donors (Lipinski definition) is 2. The average Bonchev–Trinajstić information content (AvgIpc) is 3.64. The molecule has 0 aromatic carbocycles. The fourth-order valence-corrected chi connectivity index (χ4v) is 11.4. The second-order valence-electron chi connectivity index (χ2n) is 24.4. The van der Waals surface area contributed by atoms with Gasteiger partial charge in [0, 0.05) is 19.4 Å². The fourth-order valence-electron chi connectivity index (χ4n) is 10.6. The molecule has 0 amide bonds. The largest absolute Gasteiger partial charge is 0.472 e. The molecular formula is C77H138NO8P. The number of ether oxygens (including phenoxy) is 2. The van der Waals surface area contributed by atoms with Crippen LogP contribution in [0.4, 0.5) is 0 Å². The summed E-state index contributed by atoms with van der Waals surface area (Å²) in [5, 5.41) is 0. The van der Waals surface area contributed by atoms with Crippen LogP contribution in [0.25, 0.3) is 0 Å². The number of nitrogens with two attached hydrogens (primary N) is 1. The number of esters is 2. The summed E-state index contributed by atoms with van der Waals surface area (Å²) in [5.74, 6) is -0.827. The molecule has 0 radical (unpaired) electrons. The van der Waals surface area contributed by atoms with E-state index in [4.69, 9.17) is 24.3 Å². The van der Waals surface area contributed by atoms with E-state index in [1.807, 2.05) is 0 Å². The summed E-state index contributed by atoms with van der Waals surface area (Å²) in [6.07, 6.45) is 98.0. The Labute approximate surface area is 537 Å². The van der Waals surface area contributed by atoms with E-state index in [9.17, 15) is 19.0 Å². The van der Waals surface area contributed by atoms with Crippen LogP contribution >= 0.6 is 7.82 Å². The molecule has 10 heteroatoms. The number of carbonyl (C=O) groups is 2. The van der Waals surface area contributed by atoms with Crippen LogP contribution in [0.3, 0.4) is 0 Å². The molecule has 2 atom stereocenters. The van der Waals surface area contributed by atoms with E-state index in [0.717, 1.165) is 96.3 Å². The van der Waals surface area contributed by atoms with Crippen molar-refractivity contribution < 1.29 is 37.6 Å². The van der Waals surface area contributed by atoms with E-state index in [0.29, 0.717) is 6.42 Å². The Bertz CT molecular complexity index is 1750. The Morgan fingerprint density at radius 2 is 0.632 bits per heavy atom. The van der Waals surface area contributed by atoms with Crippen molar-refractivity contribution in [3.05, 3.63) is 97.2 Å². The van der Waals surface area contributed by atoms with Crippen LogP contribution < -0.4 is 5.73 Å². The van der Waals surface area contributed by atoms with Gasteiger partial charge < -0.3 is 20.1 Å². The van der Waals surface area contributed by atoms with Crippen molar-refractivity contribution in [2.24, 2.45) is 5.73 Å². The number of phosphoric ester groups is 1. The summed E-state index contributed by atoms with van der Waals surface area (Å²) < 4.78 is 33.2. The number of rotatable bonds is 69. The first-order valence-corrected chi connectivity index (χ1v) is 38.2. The average molecular weight is 1240 g/mol. The lowest BCUT2D eigenvalue weighted by Crippen LogP contribution is -2.29. The summed E-state index contributed by atoms with van der Waals surface area (Å²) in [6.45, 7) is 3.67. The highest BCUT2D eigenvalue weighted by atomic mass is 31.2. The molecule has 0 heterocycles. The molecule has 0 saturated heterocycles. The van der Waals surface area contributed by atoms with Gasteiger partial charge in [0.2, 0.25) is 0 Å². The molecule has 3 N–H and O–H groups in total. The topological polar surface area (TPSA) is 134 Å². The Kier molecular flexibility index (Phi) is 69.5. The highest BCUT2D eigenvalue weighted by Crippen LogP contribution is 2.43. The summed E-state index contributed by atoms with van der Waals surface area (Å²) in [7, 11) is -4.40. The van der Waals surface area contributed by atoms with Gasteiger partial charge in [0.1, 0.15) is 6.61 Å². The van der Waals surface area contributed by atoms with Gasteiger partial charge in [-0.05, 0) is 77.0 Å². The van der Waals surface area contributed by atoms with E-state index < -0.39 is 26.5 Å². The van der Waals surface area contributed by atoms with Gasteiger partial charge >= 0.3 is 19.8 Å². The third kappa shape index (κ3) is 71.9. The number of allylic oxidation sites excluding steroid dienone is 16. The minimum absolute atomic E-state index is 0.0492. The molecule has 504 valence electrons. The normalized spacial score (nSPS) is 13.5. The fraction of sp³-hybridized carbons (Fsp3) is 0.766. The van der Waals surface area contributed by atoms with Crippen LogP contribution in [0.2, 0.25) is 0 Å². The molecule has 0 aliphatic carbocycles. The SMILES string of the molecule is CC/C=C\C/C=C\C/C=C\C/C=C\C/C=C\C/C=C\C/C=C\C/C=C\CCCCCCCCCCC(=O)OC(COC(=O)CCCCCCCCCCCCCCCCCCCCCCCCCCCCCCCCCCC)COP(=O)(O)OCCN. The molecule has 0 saturated carbocycles. The van der Waals surface area contributed by atoms with Crippen LogP contribution in [0.1, 0.15) is 348 Å². The number of phosphoric acid groups is 1. The van der Waals surface area contributed by atoms with Gasteiger partial charge in [-0.3, -0.25) is 18.6 Å². The zero-order valence-corrected chi connectivity index (χ0v) is 57.6. The molecule has 0 spiro atoms. The quantitative estimate of drug-likeness (QED) is 0.0264. The number of unbranched alkanes of at least 4 members (excludes halogenated alkanes) is 40. The van der Waals surface area contributed by atoms with Gasteiger partial charge in [-0.2, -0.15) is 0 Å². The van der Waals surface area contributed by atoms with E-state index >= 15 is 0 Å². The van der Waals surface area contributed by atoms with Crippen molar-refractivity contribution in [3.63, 3.8) is 0 Å². The molecule has 0 aromatic rings. The van der Waals surface area contributed by atoms with Crippen molar-refractivity contribution in [2.75, 3.05) is 26.4 Å². The molecule has 9 nitrogen and oxygen atoms in total. The summed E-state index contributed by atoms with van der Waals surface area (Å²) in [5.41, 5.74) is 5.41. The Hall–Kier alpha value is -3.07. The first-order valence-electron chi connectivity index (χ1n) is 36.7. The molecule has 0 aromatic heterocycles. The van der Waals surface area contributed by atoms with Gasteiger partial charge in [-0.25, -0.2) is 4.57 Å². The second kappa shape index (κ2) is 72.0. The third-order valence-electron chi connectivity index (χ3n) is 16.0. The van der Waals surface area contributed by atoms with Crippen LogP contribution in [0.15, 0.2) is 97.2 Å². The molecule has 0 aliphatic heterocycles. The standard InChI is InChI=1S/C77H138NO8P/c1-3-5-7-9-11-13-15-17-19-21-23-25-27-29-31-33-35-37-39-41-43-45-47-49-51-53-55-57-59-61-63-65-67-69-76(79)83-73-75(74-85-87(81,82)84-72-71-78)86-77(80)70-68-66-64-62-60-58-56-54-52-50-48-46-44-42-40-38-36-34-32-30-28-26-24-22-20-18-16-14-12-10-8-6-4-2/h6,8,12,14,18,20,24,26,30,32,36,38,42,44,48,50,75H,3-5,7,9-11,13,15-17,19,21-23,25,27-29,31,33-35,37,39-41,43,45-47,49,51-74,78H2,1-2H3,(H,81,82)/b8-6-,14-12-,20-18-,26-24-,32-30-,38-36-,44-42-,50-48-. The van der Waals surface area contributed by atoms with Crippen molar-refractivity contribution in [2.45, 2.75) is 354 Å². The summed E-state index contributed by atoms with van der Waals surface area (Å²) >= 11 is 0. The van der Waals surface area contributed by atoms with Crippen LogP contribution in [-0.2, 0) is 32.7 Å². The molecule has 2 unspecified atom stereocenters. The van der Waals surface area contributed by atoms with Crippen LogP contribution in [-0.4, -0.2) is 49.3 Å². The Balaban J connectivity index is 3.88. The zero-order chi connectivity index (χ0) is 63.0. The molecule has 87 heavy (non-hydrogen) atoms. The van der Waals surface area contributed by atoms with E-state index in [-0.39, 0.29) is 38.6 Å². The smallest absolute Gasteiger partial charge is 0.462 e. The van der Waals surface area contributed by atoms with E-state index in [2.05, 4.69) is 111 Å². The third-order valence-corrected chi connectivity index (χ3v) is 17.0. The lowest BCUT2D eigenvalue weighted by Gasteiger charge is -2.19. The number of hydrogen-bond acceptors (Lipinski definition) is 8. The zero-order valence-electron chi connectivity index (χ0n) is 56.7. The van der Waals surface area contributed by atoms with Gasteiger partial charge in [0.25, 0.3) is 0 Å². The van der Waals surface area contributed by atoms with Gasteiger partial charge in [-0.15, -0.1) is 0 Å². The predicted molar refractivity (Wildman–Crippen MR) is 376 cm³/mol. The molecule has 0 bridgehead atoms. The summed E-state index contributed by atoms with van der Waals surface area (Å²) in [6, 6.07) is 0. The minimum atomic E-state index is -4.40. The maximum absolute atomic E-state index is 12.8.